The van der Waals surface area contributed by atoms with Gasteiger partial charge in [-0.2, -0.15) is 4.98 Å². The molecule has 0 spiro atoms. The fraction of sp³-hybridized carbons (Fsp3) is 0.273. The number of methoxy groups -OCH3 is 1. The number of nitrogens with two attached hydrogens (primary N) is 1. The third-order valence-electron chi connectivity index (χ3n) is 2.29. The minimum absolute atomic E-state index is 0.202. The minimum Gasteiger partial charge on any atom is -0.495 e. The van der Waals surface area contributed by atoms with Gasteiger partial charge in [0.05, 0.1) is 18.7 Å². The summed E-state index contributed by atoms with van der Waals surface area (Å²) in [5.41, 5.74) is 7.08. The number of aromatic nitrogens is 2. The van der Waals surface area contributed by atoms with Gasteiger partial charge in [-0.05, 0) is 24.6 Å². The second kappa shape index (κ2) is 4.73. The van der Waals surface area contributed by atoms with E-state index in [0.717, 1.165) is 5.56 Å². The van der Waals surface area contributed by atoms with Crippen molar-refractivity contribution >= 4 is 11.6 Å². The van der Waals surface area contributed by atoms with Gasteiger partial charge in [-0.3, -0.25) is 0 Å². The Morgan fingerprint density at radius 1 is 1.47 bits per heavy atom. The summed E-state index contributed by atoms with van der Waals surface area (Å²) in [7, 11) is 1.56. The number of aryl methyl sites for hydroxylation is 1. The van der Waals surface area contributed by atoms with Crippen molar-refractivity contribution in [3.05, 3.63) is 28.6 Å². The third kappa shape index (κ3) is 2.25. The summed E-state index contributed by atoms with van der Waals surface area (Å²) in [6.45, 7) is 2.14. The van der Waals surface area contributed by atoms with Crippen molar-refractivity contribution in [3.63, 3.8) is 0 Å². The first kappa shape index (κ1) is 11.9. The molecule has 0 saturated heterocycles. The van der Waals surface area contributed by atoms with Crippen LogP contribution in [-0.4, -0.2) is 17.3 Å². The van der Waals surface area contributed by atoms with E-state index in [1.165, 1.54) is 0 Å². The molecule has 0 bridgehead atoms. The van der Waals surface area contributed by atoms with Gasteiger partial charge in [0, 0.05) is 5.56 Å². The second-order valence-electron chi connectivity index (χ2n) is 3.54. The summed E-state index contributed by atoms with van der Waals surface area (Å²) >= 11 is 6.19. The summed E-state index contributed by atoms with van der Waals surface area (Å²) in [5, 5.41) is 4.29. The van der Waals surface area contributed by atoms with Crippen molar-refractivity contribution in [3.8, 4) is 17.1 Å². The lowest BCUT2D eigenvalue weighted by molar-refractivity contribution is 0.380. The van der Waals surface area contributed by atoms with E-state index in [2.05, 4.69) is 10.1 Å². The van der Waals surface area contributed by atoms with Gasteiger partial charge < -0.3 is 15.0 Å². The SMILES string of the molecule is COc1cc(C)cc(-c2noc(CN)n2)c1Cl. The zero-order chi connectivity index (χ0) is 12.4. The van der Waals surface area contributed by atoms with Crippen LogP contribution in [0.5, 0.6) is 5.75 Å². The van der Waals surface area contributed by atoms with Crippen LogP contribution in [0.3, 0.4) is 0 Å². The van der Waals surface area contributed by atoms with Crippen LogP contribution < -0.4 is 10.5 Å². The molecule has 0 saturated carbocycles. The molecular weight excluding hydrogens is 242 g/mol. The molecule has 0 aliphatic rings. The highest BCUT2D eigenvalue weighted by molar-refractivity contribution is 6.34. The maximum Gasteiger partial charge on any atom is 0.240 e. The van der Waals surface area contributed by atoms with Crippen molar-refractivity contribution in [1.82, 2.24) is 10.1 Å². The zero-order valence-electron chi connectivity index (χ0n) is 9.53. The van der Waals surface area contributed by atoms with Gasteiger partial charge >= 0.3 is 0 Å². The lowest BCUT2D eigenvalue weighted by Gasteiger charge is -2.07. The lowest BCUT2D eigenvalue weighted by atomic mass is 10.1. The van der Waals surface area contributed by atoms with E-state index in [9.17, 15) is 0 Å². The van der Waals surface area contributed by atoms with E-state index in [0.29, 0.717) is 28.1 Å². The molecule has 2 aromatic rings. The summed E-state index contributed by atoms with van der Waals surface area (Å²) in [6, 6.07) is 3.71. The highest BCUT2D eigenvalue weighted by Gasteiger charge is 2.15. The first-order chi connectivity index (χ1) is 8.15. The molecule has 90 valence electrons. The summed E-state index contributed by atoms with van der Waals surface area (Å²) in [4.78, 5) is 4.13. The Kier molecular flexibility index (Phi) is 3.31. The summed E-state index contributed by atoms with van der Waals surface area (Å²) in [6.07, 6.45) is 0. The molecule has 6 heteroatoms. The van der Waals surface area contributed by atoms with Crippen LogP contribution in [0.15, 0.2) is 16.7 Å². The van der Waals surface area contributed by atoms with E-state index in [1.54, 1.807) is 7.11 Å². The molecule has 2 N–H and O–H groups in total. The molecule has 0 atom stereocenters. The molecule has 0 unspecified atom stereocenters. The van der Waals surface area contributed by atoms with Gasteiger partial charge in [0.2, 0.25) is 11.7 Å². The number of rotatable bonds is 3. The van der Waals surface area contributed by atoms with E-state index in [4.69, 9.17) is 26.6 Å². The van der Waals surface area contributed by atoms with E-state index in [-0.39, 0.29) is 6.54 Å². The molecule has 17 heavy (non-hydrogen) atoms. The quantitative estimate of drug-likeness (QED) is 0.907. The molecule has 0 radical (unpaired) electrons. The highest BCUT2D eigenvalue weighted by atomic mass is 35.5. The summed E-state index contributed by atoms with van der Waals surface area (Å²) in [5.74, 6) is 1.37. The van der Waals surface area contributed by atoms with Crippen LogP contribution in [0.1, 0.15) is 11.5 Å². The molecule has 0 fully saturated rings. The topological polar surface area (TPSA) is 74.2 Å². The van der Waals surface area contributed by atoms with Gasteiger partial charge in [0.15, 0.2) is 0 Å². The molecule has 1 heterocycles. The Labute approximate surface area is 104 Å². The number of halogens is 1. The maximum absolute atomic E-state index is 6.19. The van der Waals surface area contributed by atoms with Gasteiger partial charge in [-0.15, -0.1) is 0 Å². The molecule has 1 aromatic carbocycles. The molecule has 0 aliphatic heterocycles. The van der Waals surface area contributed by atoms with Crippen LogP contribution in [0.25, 0.3) is 11.4 Å². The van der Waals surface area contributed by atoms with Gasteiger partial charge in [-0.1, -0.05) is 16.8 Å². The number of hydrogen-bond acceptors (Lipinski definition) is 5. The number of benzene rings is 1. The van der Waals surface area contributed by atoms with Crippen LogP contribution in [0, 0.1) is 6.92 Å². The van der Waals surface area contributed by atoms with Gasteiger partial charge in [0.25, 0.3) is 0 Å². The Morgan fingerprint density at radius 2 is 2.24 bits per heavy atom. The monoisotopic (exact) mass is 253 g/mol. The molecular formula is C11H12ClN3O2. The van der Waals surface area contributed by atoms with Gasteiger partial charge in [-0.25, -0.2) is 0 Å². The molecule has 0 aliphatic carbocycles. The molecule has 5 nitrogen and oxygen atoms in total. The van der Waals surface area contributed by atoms with Crippen LogP contribution >= 0.6 is 11.6 Å². The Bertz CT molecular complexity index is 540. The largest absolute Gasteiger partial charge is 0.495 e. The second-order valence-corrected chi connectivity index (χ2v) is 3.92. The molecule has 0 amide bonds. The predicted molar refractivity (Wildman–Crippen MR) is 63.9 cm³/mol. The standard InChI is InChI=1S/C11H12ClN3O2/c1-6-3-7(10(12)8(4-6)16-2)11-14-9(5-13)17-15-11/h3-4H,5,13H2,1-2H3. The maximum atomic E-state index is 6.19. The van der Waals surface area contributed by atoms with Crippen molar-refractivity contribution in [2.45, 2.75) is 13.5 Å². The van der Waals surface area contributed by atoms with Crippen molar-refractivity contribution in [2.24, 2.45) is 5.73 Å². The first-order valence-corrected chi connectivity index (χ1v) is 5.40. The van der Waals surface area contributed by atoms with Gasteiger partial charge in [0.1, 0.15) is 5.75 Å². The Hall–Kier alpha value is -1.59. The van der Waals surface area contributed by atoms with Crippen molar-refractivity contribution < 1.29 is 9.26 Å². The lowest BCUT2D eigenvalue weighted by Crippen LogP contribution is -1.96. The van der Waals surface area contributed by atoms with E-state index in [1.807, 2.05) is 19.1 Å². The van der Waals surface area contributed by atoms with Crippen LogP contribution in [0.4, 0.5) is 0 Å². The van der Waals surface area contributed by atoms with Crippen molar-refractivity contribution in [1.29, 1.82) is 0 Å². The number of ether oxygens (including phenoxy) is 1. The minimum atomic E-state index is 0.202. The molecule has 2 rings (SSSR count). The summed E-state index contributed by atoms with van der Waals surface area (Å²) < 4.78 is 10.1. The zero-order valence-corrected chi connectivity index (χ0v) is 10.3. The number of hydrogen-bond donors (Lipinski definition) is 1. The Morgan fingerprint density at radius 3 is 2.82 bits per heavy atom. The fourth-order valence-corrected chi connectivity index (χ4v) is 1.76. The normalized spacial score (nSPS) is 10.6. The van der Waals surface area contributed by atoms with Crippen LogP contribution in [0.2, 0.25) is 5.02 Å². The van der Waals surface area contributed by atoms with E-state index < -0.39 is 0 Å². The van der Waals surface area contributed by atoms with E-state index >= 15 is 0 Å². The number of nitrogens with zero attached hydrogens (tertiary/aromatic N) is 2. The average molecular weight is 254 g/mol. The van der Waals surface area contributed by atoms with Crippen molar-refractivity contribution in [2.75, 3.05) is 7.11 Å². The Balaban J connectivity index is 2.54. The average Bonchev–Trinajstić information content (AvgIpc) is 2.80. The predicted octanol–water partition coefficient (Wildman–Crippen LogP) is 2.17. The third-order valence-corrected chi connectivity index (χ3v) is 2.68. The fourth-order valence-electron chi connectivity index (χ4n) is 1.49. The molecule has 1 aromatic heterocycles. The highest BCUT2D eigenvalue weighted by Crippen LogP contribution is 2.35. The first-order valence-electron chi connectivity index (χ1n) is 5.03. The van der Waals surface area contributed by atoms with Crippen LogP contribution in [-0.2, 0) is 6.54 Å². The smallest absolute Gasteiger partial charge is 0.240 e.